The topological polar surface area (TPSA) is 133 Å². The van der Waals surface area contributed by atoms with Crippen LogP contribution in [-0.4, -0.2) is 93.9 Å². The minimum Gasteiger partial charge on any atom is -0.475 e. The smallest absolute Gasteiger partial charge is 0.475 e. The zero-order valence-corrected chi connectivity index (χ0v) is 24.5. The molecule has 0 bridgehead atoms. The van der Waals surface area contributed by atoms with Crippen molar-refractivity contribution in [1.82, 2.24) is 24.8 Å². The van der Waals surface area contributed by atoms with Gasteiger partial charge in [0.25, 0.3) is 5.56 Å². The average molecular weight is 622 g/mol. The van der Waals surface area contributed by atoms with Crippen molar-refractivity contribution < 1.29 is 27.9 Å². The number of carbonyl (C=O) groups is 2. The molecule has 0 aliphatic carbocycles. The molecule has 2 aliphatic heterocycles. The molecule has 43 heavy (non-hydrogen) atoms. The van der Waals surface area contributed by atoms with Crippen molar-refractivity contribution in [3.63, 3.8) is 0 Å². The zero-order valence-electron chi connectivity index (χ0n) is 23.6. The average Bonchev–Trinajstić information content (AvgIpc) is 2.96. The number of aryl methyl sites for hydroxylation is 1. The van der Waals surface area contributed by atoms with Gasteiger partial charge in [-0.2, -0.15) is 29.9 Å². The van der Waals surface area contributed by atoms with Gasteiger partial charge in [0.1, 0.15) is 5.65 Å². The molecule has 2 fully saturated rings. The molecule has 15 heteroatoms. The molecule has 0 spiro atoms. The van der Waals surface area contributed by atoms with Crippen molar-refractivity contribution in [3.8, 4) is 0 Å². The quantitative estimate of drug-likeness (QED) is 0.327. The molecule has 2 aromatic heterocycles. The Morgan fingerprint density at radius 3 is 2.35 bits per heavy atom. The Morgan fingerprint density at radius 2 is 1.77 bits per heavy atom. The number of hydrogen-bond acceptors (Lipinski definition) is 9. The fourth-order valence-corrected chi connectivity index (χ4v) is 5.04. The predicted octanol–water partition coefficient (Wildman–Crippen LogP) is 3.18. The standard InChI is InChI=1S/C26H33N7O2S.C2HF3O2/c1-36-15-9-23(34)32-13-11-31(12-14-32)22-5-3-21(4-6-22)29-26-28-18-20-2-7-24(35)33(25(20)30-26)10-8-19-16-27-17-19;3-2(4,5)1(6)7/h2-7,18-19,27H,8-17H2,1H3,(H,28,29,30);(H,6,7). The van der Waals surface area contributed by atoms with E-state index in [9.17, 15) is 22.8 Å². The van der Waals surface area contributed by atoms with E-state index in [-0.39, 0.29) is 11.5 Å². The lowest BCUT2D eigenvalue weighted by atomic mass is 9.99. The molecule has 3 aromatic rings. The second-order valence-corrected chi connectivity index (χ2v) is 11.2. The number of pyridine rings is 1. The lowest BCUT2D eigenvalue weighted by molar-refractivity contribution is -0.192. The number of aromatic nitrogens is 3. The summed E-state index contributed by atoms with van der Waals surface area (Å²) in [6, 6.07) is 11.6. The maximum atomic E-state index is 12.6. The number of hydrogen-bond donors (Lipinski definition) is 3. The van der Waals surface area contributed by atoms with E-state index in [1.54, 1.807) is 34.7 Å². The van der Waals surface area contributed by atoms with Gasteiger partial charge in [-0.3, -0.25) is 14.2 Å². The van der Waals surface area contributed by atoms with Crippen LogP contribution in [0.3, 0.4) is 0 Å². The van der Waals surface area contributed by atoms with E-state index in [4.69, 9.17) is 9.90 Å². The first-order chi connectivity index (χ1) is 20.5. The summed E-state index contributed by atoms with van der Waals surface area (Å²) < 4.78 is 33.5. The van der Waals surface area contributed by atoms with Gasteiger partial charge >= 0.3 is 12.1 Å². The Kier molecular flexibility index (Phi) is 10.9. The molecular weight excluding hydrogens is 587 g/mol. The molecule has 0 unspecified atom stereocenters. The summed E-state index contributed by atoms with van der Waals surface area (Å²) in [7, 11) is 0. The van der Waals surface area contributed by atoms with E-state index >= 15 is 0 Å². The molecule has 4 heterocycles. The van der Waals surface area contributed by atoms with Crippen LogP contribution in [0.1, 0.15) is 12.8 Å². The van der Waals surface area contributed by atoms with Gasteiger partial charge in [-0.05, 0) is 62.0 Å². The SMILES string of the molecule is CSCCC(=O)N1CCN(c2ccc(Nc3ncc4ccc(=O)n(CCC5CNC5)c4n3)cc2)CC1.O=C(O)C(F)(F)F. The molecule has 232 valence electrons. The van der Waals surface area contributed by atoms with Crippen molar-refractivity contribution in [3.05, 3.63) is 52.9 Å². The largest absolute Gasteiger partial charge is 0.490 e. The summed E-state index contributed by atoms with van der Waals surface area (Å²) in [6.45, 7) is 5.88. The number of piperazine rings is 1. The number of fused-ring (bicyclic) bond motifs is 1. The van der Waals surface area contributed by atoms with E-state index in [1.807, 2.05) is 23.3 Å². The number of nitrogens with zero attached hydrogens (tertiary/aromatic N) is 5. The van der Waals surface area contributed by atoms with Crippen LogP contribution in [0, 0.1) is 5.92 Å². The van der Waals surface area contributed by atoms with Crippen molar-refractivity contribution in [2.75, 3.05) is 61.5 Å². The molecule has 1 aromatic carbocycles. The first kappa shape index (κ1) is 32.1. The second-order valence-electron chi connectivity index (χ2n) is 10.2. The number of carboxylic acid groups (broad SMARTS) is 1. The van der Waals surface area contributed by atoms with E-state index < -0.39 is 12.1 Å². The second kappa shape index (κ2) is 14.6. The van der Waals surface area contributed by atoms with Crippen LogP contribution in [0.2, 0.25) is 0 Å². The van der Waals surface area contributed by atoms with Crippen molar-refractivity contribution in [1.29, 1.82) is 0 Å². The highest BCUT2D eigenvalue weighted by atomic mass is 32.2. The van der Waals surface area contributed by atoms with Gasteiger partial charge in [-0.1, -0.05) is 0 Å². The van der Waals surface area contributed by atoms with Gasteiger partial charge in [0.15, 0.2) is 0 Å². The molecule has 1 amide bonds. The molecule has 11 nitrogen and oxygen atoms in total. The Morgan fingerprint density at radius 1 is 1.09 bits per heavy atom. The Hall–Kier alpha value is -3.85. The van der Waals surface area contributed by atoms with Crippen LogP contribution in [-0.2, 0) is 16.1 Å². The molecule has 2 aliphatic rings. The monoisotopic (exact) mass is 621 g/mol. The van der Waals surface area contributed by atoms with Gasteiger partial charge in [-0.25, -0.2) is 9.78 Å². The summed E-state index contributed by atoms with van der Waals surface area (Å²) in [6.07, 6.45) is 0.288. The van der Waals surface area contributed by atoms with Gasteiger partial charge in [0, 0.05) is 73.9 Å². The number of benzene rings is 1. The molecular formula is C28H34F3N7O4S. The maximum absolute atomic E-state index is 12.6. The highest BCUT2D eigenvalue weighted by Crippen LogP contribution is 2.22. The summed E-state index contributed by atoms with van der Waals surface area (Å²) in [5.74, 6) is -0.534. The van der Waals surface area contributed by atoms with Crippen molar-refractivity contribution in [2.24, 2.45) is 5.92 Å². The number of carbonyl (C=O) groups excluding carboxylic acids is 1. The maximum Gasteiger partial charge on any atom is 0.490 e. The van der Waals surface area contributed by atoms with Gasteiger partial charge in [0.2, 0.25) is 11.9 Å². The molecule has 5 rings (SSSR count). The van der Waals surface area contributed by atoms with Gasteiger partial charge in [-0.15, -0.1) is 0 Å². The number of carboxylic acids is 1. The first-order valence-electron chi connectivity index (χ1n) is 13.8. The third kappa shape index (κ3) is 8.83. The number of aliphatic carboxylic acids is 1. The van der Waals surface area contributed by atoms with E-state index in [0.29, 0.717) is 30.5 Å². The number of thioether (sulfide) groups is 1. The minimum atomic E-state index is -5.08. The number of nitrogens with one attached hydrogen (secondary N) is 2. The summed E-state index contributed by atoms with van der Waals surface area (Å²) in [5, 5.41) is 14.5. The number of amides is 1. The van der Waals surface area contributed by atoms with E-state index in [1.165, 1.54) is 0 Å². The van der Waals surface area contributed by atoms with Crippen LogP contribution in [0.4, 0.5) is 30.5 Å². The minimum absolute atomic E-state index is 0.0326. The highest BCUT2D eigenvalue weighted by Gasteiger charge is 2.38. The van der Waals surface area contributed by atoms with E-state index in [2.05, 4.69) is 37.6 Å². The van der Waals surface area contributed by atoms with Gasteiger partial charge in [0.05, 0.1) is 0 Å². The number of rotatable bonds is 9. The van der Waals surface area contributed by atoms with Crippen LogP contribution >= 0.6 is 11.8 Å². The molecule has 2 saturated heterocycles. The third-order valence-electron chi connectivity index (χ3n) is 7.23. The molecule has 3 N–H and O–H groups in total. The molecule has 0 radical (unpaired) electrons. The highest BCUT2D eigenvalue weighted by molar-refractivity contribution is 7.98. The molecule has 0 atom stereocenters. The lowest BCUT2D eigenvalue weighted by Gasteiger charge is -2.36. The van der Waals surface area contributed by atoms with Gasteiger partial charge < -0.3 is 25.5 Å². The van der Waals surface area contributed by atoms with Crippen LogP contribution in [0.25, 0.3) is 11.0 Å². The summed E-state index contributed by atoms with van der Waals surface area (Å²) in [4.78, 5) is 47.2. The molecule has 0 saturated carbocycles. The number of alkyl halides is 3. The van der Waals surface area contributed by atoms with E-state index in [0.717, 1.165) is 68.2 Å². The summed E-state index contributed by atoms with van der Waals surface area (Å²) >= 11 is 1.71. The first-order valence-corrected chi connectivity index (χ1v) is 15.2. The van der Waals surface area contributed by atoms with Crippen LogP contribution in [0.5, 0.6) is 0 Å². The van der Waals surface area contributed by atoms with Crippen LogP contribution < -0.4 is 21.1 Å². The Labute approximate surface area is 250 Å². The predicted molar refractivity (Wildman–Crippen MR) is 160 cm³/mol. The fraction of sp³-hybridized carbons (Fsp3) is 0.464. The third-order valence-corrected chi connectivity index (χ3v) is 7.85. The lowest BCUT2D eigenvalue weighted by Crippen LogP contribution is -2.48. The zero-order chi connectivity index (χ0) is 31.0. The normalized spacial score (nSPS) is 15.4. The summed E-state index contributed by atoms with van der Waals surface area (Å²) in [5.41, 5.74) is 2.65. The number of anilines is 3. The van der Waals surface area contributed by atoms with Crippen molar-refractivity contribution in [2.45, 2.75) is 25.6 Å². The van der Waals surface area contributed by atoms with Crippen LogP contribution in [0.15, 0.2) is 47.4 Å². The Balaban J connectivity index is 0.000000541. The van der Waals surface area contributed by atoms with Crippen molar-refractivity contribution >= 4 is 52.0 Å². The Bertz CT molecular complexity index is 1460. The number of halogens is 3. The fourth-order valence-electron chi connectivity index (χ4n) is 4.66.